The molecule has 116 valence electrons. The second kappa shape index (κ2) is 5.92. The Morgan fingerprint density at radius 2 is 1.86 bits per heavy atom. The molecule has 0 radical (unpaired) electrons. The average Bonchev–Trinajstić information content (AvgIpc) is 2.40. The lowest BCUT2D eigenvalue weighted by molar-refractivity contribution is -0.384. The van der Waals surface area contributed by atoms with Crippen LogP contribution in [-0.2, 0) is 0 Å². The van der Waals surface area contributed by atoms with Crippen molar-refractivity contribution in [2.24, 2.45) is 11.3 Å². The van der Waals surface area contributed by atoms with E-state index >= 15 is 0 Å². The molecule has 0 amide bonds. The van der Waals surface area contributed by atoms with E-state index in [0.717, 1.165) is 25.7 Å². The van der Waals surface area contributed by atoms with Gasteiger partial charge in [-0.25, -0.2) is 0 Å². The summed E-state index contributed by atoms with van der Waals surface area (Å²) in [6.45, 7) is 6.82. The highest BCUT2D eigenvalue weighted by molar-refractivity contribution is 5.64. The van der Waals surface area contributed by atoms with E-state index in [-0.39, 0.29) is 17.5 Å². The zero-order chi connectivity index (χ0) is 15.6. The summed E-state index contributed by atoms with van der Waals surface area (Å²) in [6, 6.07) is 4.54. The molecular formula is C16H24N2O3. The van der Waals surface area contributed by atoms with Crippen molar-refractivity contribution >= 4 is 11.4 Å². The first-order valence-electron chi connectivity index (χ1n) is 7.51. The monoisotopic (exact) mass is 292 g/mol. The van der Waals surface area contributed by atoms with Gasteiger partial charge in [-0.15, -0.1) is 0 Å². The minimum atomic E-state index is -0.456. The lowest BCUT2D eigenvalue weighted by Crippen LogP contribution is -2.31. The molecule has 0 aliphatic heterocycles. The summed E-state index contributed by atoms with van der Waals surface area (Å²) < 4.78 is 0. The molecule has 21 heavy (non-hydrogen) atoms. The van der Waals surface area contributed by atoms with Gasteiger partial charge in [-0.3, -0.25) is 10.1 Å². The summed E-state index contributed by atoms with van der Waals surface area (Å²) >= 11 is 0. The minimum Gasteiger partial charge on any atom is -0.508 e. The molecule has 1 aliphatic rings. The number of nitro groups is 1. The number of hydrogen-bond donors (Lipinski definition) is 2. The maximum absolute atomic E-state index is 11.1. The minimum absolute atomic E-state index is 0.0621. The molecule has 1 aromatic rings. The first-order valence-corrected chi connectivity index (χ1v) is 7.51. The SMILES string of the molecule is CC(C)(C)C1CCC(Nc2ccc(O)cc2[N+](=O)[O-])CC1. The number of nitrogens with one attached hydrogen (secondary N) is 1. The third-order valence-electron chi connectivity index (χ3n) is 4.49. The van der Waals surface area contributed by atoms with E-state index in [4.69, 9.17) is 0 Å². The molecule has 5 nitrogen and oxygen atoms in total. The van der Waals surface area contributed by atoms with Crippen LogP contribution in [-0.4, -0.2) is 16.1 Å². The molecule has 0 unspecified atom stereocenters. The highest BCUT2D eigenvalue weighted by Crippen LogP contribution is 2.39. The Kier molecular flexibility index (Phi) is 4.40. The van der Waals surface area contributed by atoms with E-state index in [1.54, 1.807) is 6.07 Å². The van der Waals surface area contributed by atoms with E-state index in [9.17, 15) is 15.2 Å². The number of nitrogens with zero attached hydrogens (tertiary/aromatic N) is 1. The molecule has 1 aliphatic carbocycles. The molecule has 0 bridgehead atoms. The van der Waals surface area contributed by atoms with Crippen LogP contribution in [0.4, 0.5) is 11.4 Å². The quantitative estimate of drug-likeness (QED) is 0.494. The Labute approximate surface area is 125 Å². The number of nitro benzene ring substituents is 1. The van der Waals surface area contributed by atoms with Crippen LogP contribution in [0.25, 0.3) is 0 Å². The average molecular weight is 292 g/mol. The zero-order valence-electron chi connectivity index (χ0n) is 12.9. The highest BCUT2D eigenvalue weighted by Gasteiger charge is 2.30. The van der Waals surface area contributed by atoms with Crippen molar-refractivity contribution in [2.45, 2.75) is 52.5 Å². The van der Waals surface area contributed by atoms with E-state index in [1.165, 1.54) is 12.1 Å². The van der Waals surface area contributed by atoms with Crippen molar-refractivity contribution in [3.05, 3.63) is 28.3 Å². The fraction of sp³-hybridized carbons (Fsp3) is 0.625. The Hall–Kier alpha value is -1.78. The van der Waals surface area contributed by atoms with Gasteiger partial charge in [0, 0.05) is 6.04 Å². The summed E-state index contributed by atoms with van der Waals surface area (Å²) in [7, 11) is 0. The van der Waals surface area contributed by atoms with Gasteiger partial charge in [-0.1, -0.05) is 20.8 Å². The Morgan fingerprint density at radius 3 is 2.38 bits per heavy atom. The lowest BCUT2D eigenvalue weighted by atomic mass is 9.71. The topological polar surface area (TPSA) is 75.4 Å². The third kappa shape index (κ3) is 3.86. The molecule has 0 atom stereocenters. The molecule has 0 heterocycles. The molecule has 1 aromatic carbocycles. The van der Waals surface area contributed by atoms with Crippen molar-refractivity contribution < 1.29 is 10.0 Å². The smallest absolute Gasteiger partial charge is 0.296 e. The second-order valence-corrected chi connectivity index (χ2v) is 7.02. The van der Waals surface area contributed by atoms with Gasteiger partial charge >= 0.3 is 0 Å². The summed E-state index contributed by atoms with van der Waals surface area (Å²) in [4.78, 5) is 10.6. The first-order chi connectivity index (χ1) is 9.77. The standard InChI is InChI=1S/C16H24N2O3/c1-16(2,3)11-4-6-12(7-5-11)17-14-9-8-13(19)10-15(14)18(20)21/h8-12,17,19H,4-7H2,1-3H3. The number of phenolic OH excluding ortho intramolecular Hbond substituents is 1. The maximum atomic E-state index is 11.1. The van der Waals surface area contributed by atoms with Crippen LogP contribution >= 0.6 is 0 Å². The van der Waals surface area contributed by atoms with E-state index in [2.05, 4.69) is 26.1 Å². The van der Waals surface area contributed by atoms with Gasteiger partial charge < -0.3 is 10.4 Å². The fourth-order valence-electron chi connectivity index (χ4n) is 3.12. The van der Waals surface area contributed by atoms with Gasteiger partial charge in [0.15, 0.2) is 0 Å². The van der Waals surface area contributed by atoms with Crippen LogP contribution in [0.5, 0.6) is 5.75 Å². The summed E-state index contributed by atoms with van der Waals surface area (Å²) in [5.41, 5.74) is 0.764. The van der Waals surface area contributed by atoms with Gasteiger partial charge in [-0.05, 0) is 49.1 Å². The molecule has 2 rings (SSSR count). The Balaban J connectivity index is 2.03. The van der Waals surface area contributed by atoms with Gasteiger partial charge in [-0.2, -0.15) is 0 Å². The number of aromatic hydroxyl groups is 1. The second-order valence-electron chi connectivity index (χ2n) is 7.02. The summed E-state index contributed by atoms with van der Waals surface area (Å²) in [5.74, 6) is 0.633. The maximum Gasteiger partial charge on any atom is 0.296 e. The van der Waals surface area contributed by atoms with Gasteiger partial charge in [0.25, 0.3) is 5.69 Å². The zero-order valence-corrected chi connectivity index (χ0v) is 12.9. The first kappa shape index (κ1) is 15.6. The largest absolute Gasteiger partial charge is 0.508 e. The predicted octanol–water partition coefficient (Wildman–Crippen LogP) is 4.32. The number of phenols is 1. The van der Waals surface area contributed by atoms with Crippen LogP contribution < -0.4 is 5.32 Å². The molecule has 1 saturated carbocycles. The van der Waals surface area contributed by atoms with Crippen molar-refractivity contribution in [3.63, 3.8) is 0 Å². The normalized spacial score (nSPS) is 22.8. The van der Waals surface area contributed by atoms with Crippen LogP contribution in [0.2, 0.25) is 0 Å². The lowest BCUT2D eigenvalue weighted by Gasteiger charge is -2.37. The number of hydrogen-bond acceptors (Lipinski definition) is 4. The van der Waals surface area contributed by atoms with Crippen molar-refractivity contribution in [1.82, 2.24) is 0 Å². The van der Waals surface area contributed by atoms with Crippen molar-refractivity contribution in [3.8, 4) is 5.75 Å². The van der Waals surface area contributed by atoms with E-state index in [0.29, 0.717) is 17.0 Å². The van der Waals surface area contributed by atoms with Crippen LogP contribution in [0.3, 0.4) is 0 Å². The molecule has 2 N–H and O–H groups in total. The summed E-state index contributed by atoms with van der Waals surface area (Å²) in [5, 5.41) is 23.7. The van der Waals surface area contributed by atoms with Gasteiger partial charge in [0.2, 0.25) is 0 Å². The summed E-state index contributed by atoms with van der Waals surface area (Å²) in [6.07, 6.45) is 4.35. The Bertz CT molecular complexity index is 515. The highest BCUT2D eigenvalue weighted by atomic mass is 16.6. The molecule has 0 aromatic heterocycles. The number of benzene rings is 1. The van der Waals surface area contributed by atoms with Crippen LogP contribution in [0.15, 0.2) is 18.2 Å². The molecule has 1 fully saturated rings. The van der Waals surface area contributed by atoms with Crippen LogP contribution in [0.1, 0.15) is 46.5 Å². The van der Waals surface area contributed by atoms with Gasteiger partial charge in [0.05, 0.1) is 11.0 Å². The number of anilines is 1. The Morgan fingerprint density at radius 1 is 1.24 bits per heavy atom. The van der Waals surface area contributed by atoms with Crippen molar-refractivity contribution in [2.75, 3.05) is 5.32 Å². The molecule has 5 heteroatoms. The molecule has 0 spiro atoms. The van der Waals surface area contributed by atoms with E-state index < -0.39 is 4.92 Å². The predicted molar refractivity (Wildman–Crippen MR) is 83.6 cm³/mol. The third-order valence-corrected chi connectivity index (χ3v) is 4.49. The molecular weight excluding hydrogens is 268 g/mol. The van der Waals surface area contributed by atoms with Crippen molar-refractivity contribution in [1.29, 1.82) is 0 Å². The van der Waals surface area contributed by atoms with Gasteiger partial charge in [0.1, 0.15) is 11.4 Å². The fourth-order valence-corrected chi connectivity index (χ4v) is 3.12. The van der Waals surface area contributed by atoms with E-state index in [1.807, 2.05) is 0 Å². The number of rotatable bonds is 3. The van der Waals surface area contributed by atoms with Crippen LogP contribution in [0, 0.1) is 21.4 Å². The molecule has 0 saturated heterocycles.